The van der Waals surface area contributed by atoms with E-state index in [-0.39, 0.29) is 12.1 Å². The molecule has 0 aliphatic heterocycles. The maximum absolute atomic E-state index is 9.14. The number of hydrogen-bond acceptors (Lipinski definition) is 4. The van der Waals surface area contributed by atoms with Crippen molar-refractivity contribution >= 4 is 5.82 Å². The summed E-state index contributed by atoms with van der Waals surface area (Å²) in [6.07, 6.45) is 2.45. The normalized spacial score (nSPS) is 15.0. The van der Waals surface area contributed by atoms with Crippen molar-refractivity contribution in [1.82, 2.24) is 10.2 Å². The number of anilines is 1. The SMILES string of the molecule is CCC(C)(CO)Nc1cccnn1. The first kappa shape index (κ1) is 9.92. The van der Waals surface area contributed by atoms with Crippen LogP contribution in [0, 0.1) is 0 Å². The molecule has 0 radical (unpaired) electrons. The second-order valence-corrected chi connectivity index (χ2v) is 3.31. The second kappa shape index (κ2) is 4.18. The van der Waals surface area contributed by atoms with E-state index in [9.17, 15) is 0 Å². The molecule has 1 atom stereocenters. The predicted octanol–water partition coefficient (Wildman–Crippen LogP) is 1.05. The van der Waals surface area contributed by atoms with Gasteiger partial charge in [0.15, 0.2) is 0 Å². The fourth-order valence-electron chi connectivity index (χ4n) is 0.917. The Labute approximate surface area is 78.0 Å². The smallest absolute Gasteiger partial charge is 0.149 e. The zero-order valence-electron chi connectivity index (χ0n) is 7.99. The highest BCUT2D eigenvalue weighted by Crippen LogP contribution is 2.14. The standard InChI is InChI=1S/C9H15N3O/c1-3-9(2,7-13)11-8-5-4-6-10-12-8/h4-6,13H,3,7H2,1-2H3,(H,11,12). The van der Waals surface area contributed by atoms with Gasteiger partial charge in [-0.15, -0.1) is 5.10 Å². The number of nitrogens with zero attached hydrogens (tertiary/aromatic N) is 2. The maximum atomic E-state index is 9.14. The molecular formula is C9H15N3O. The molecule has 0 spiro atoms. The van der Waals surface area contributed by atoms with Crippen LogP contribution in [0.15, 0.2) is 18.3 Å². The van der Waals surface area contributed by atoms with Gasteiger partial charge in [-0.1, -0.05) is 6.92 Å². The Morgan fingerprint density at radius 2 is 2.38 bits per heavy atom. The van der Waals surface area contributed by atoms with Crippen LogP contribution in [0.5, 0.6) is 0 Å². The van der Waals surface area contributed by atoms with Crippen molar-refractivity contribution in [1.29, 1.82) is 0 Å². The van der Waals surface area contributed by atoms with E-state index < -0.39 is 0 Å². The zero-order chi connectivity index (χ0) is 9.73. The summed E-state index contributed by atoms with van der Waals surface area (Å²) in [5.74, 6) is 0.695. The number of rotatable bonds is 4. The number of hydrogen-bond donors (Lipinski definition) is 2. The van der Waals surface area contributed by atoms with Crippen LogP contribution in [0.25, 0.3) is 0 Å². The van der Waals surface area contributed by atoms with Crippen molar-refractivity contribution < 1.29 is 5.11 Å². The van der Waals surface area contributed by atoms with Crippen LogP contribution < -0.4 is 5.32 Å². The van der Waals surface area contributed by atoms with E-state index in [0.717, 1.165) is 6.42 Å². The Hall–Kier alpha value is -1.16. The molecule has 4 heteroatoms. The van der Waals surface area contributed by atoms with Crippen LogP contribution in [0.2, 0.25) is 0 Å². The minimum atomic E-state index is -0.309. The molecule has 0 aromatic carbocycles. The van der Waals surface area contributed by atoms with Gasteiger partial charge in [0.05, 0.1) is 12.1 Å². The lowest BCUT2D eigenvalue weighted by Crippen LogP contribution is -2.38. The van der Waals surface area contributed by atoms with Crippen LogP contribution in [0.1, 0.15) is 20.3 Å². The van der Waals surface area contributed by atoms with Gasteiger partial charge < -0.3 is 10.4 Å². The highest BCUT2D eigenvalue weighted by atomic mass is 16.3. The molecule has 2 N–H and O–H groups in total. The molecule has 13 heavy (non-hydrogen) atoms. The summed E-state index contributed by atoms with van der Waals surface area (Å²) >= 11 is 0. The van der Waals surface area contributed by atoms with Gasteiger partial charge in [0.25, 0.3) is 0 Å². The Morgan fingerprint density at radius 1 is 1.62 bits per heavy atom. The van der Waals surface area contributed by atoms with Gasteiger partial charge in [0.2, 0.25) is 0 Å². The number of nitrogens with one attached hydrogen (secondary N) is 1. The minimum Gasteiger partial charge on any atom is -0.394 e. The number of aliphatic hydroxyl groups excluding tert-OH is 1. The van der Waals surface area contributed by atoms with Gasteiger partial charge in [0.1, 0.15) is 5.82 Å². The molecule has 1 rings (SSSR count). The molecule has 0 fully saturated rings. The van der Waals surface area contributed by atoms with Crippen LogP contribution in [-0.2, 0) is 0 Å². The second-order valence-electron chi connectivity index (χ2n) is 3.31. The van der Waals surface area contributed by atoms with Gasteiger partial charge in [-0.05, 0) is 25.5 Å². The van der Waals surface area contributed by atoms with Crippen molar-refractivity contribution in [2.24, 2.45) is 0 Å². The predicted molar refractivity (Wildman–Crippen MR) is 51.4 cm³/mol. The molecule has 1 unspecified atom stereocenters. The van der Waals surface area contributed by atoms with Crippen molar-refractivity contribution in [3.05, 3.63) is 18.3 Å². The lowest BCUT2D eigenvalue weighted by atomic mass is 10.0. The van der Waals surface area contributed by atoms with E-state index in [2.05, 4.69) is 15.5 Å². The van der Waals surface area contributed by atoms with Crippen LogP contribution in [0.3, 0.4) is 0 Å². The Kier molecular flexibility index (Phi) is 3.19. The monoisotopic (exact) mass is 181 g/mol. The lowest BCUT2D eigenvalue weighted by molar-refractivity contribution is 0.218. The largest absolute Gasteiger partial charge is 0.394 e. The Morgan fingerprint density at radius 3 is 2.85 bits per heavy atom. The van der Waals surface area contributed by atoms with E-state index in [1.54, 1.807) is 6.20 Å². The van der Waals surface area contributed by atoms with Crippen molar-refractivity contribution in [3.8, 4) is 0 Å². The summed E-state index contributed by atoms with van der Waals surface area (Å²) in [4.78, 5) is 0. The third-order valence-corrected chi connectivity index (χ3v) is 2.13. The molecule has 0 saturated heterocycles. The first-order valence-corrected chi connectivity index (χ1v) is 4.37. The average molecular weight is 181 g/mol. The fourth-order valence-corrected chi connectivity index (χ4v) is 0.917. The molecule has 1 aromatic rings. The Balaban J connectivity index is 2.68. The maximum Gasteiger partial charge on any atom is 0.149 e. The number of aliphatic hydroxyl groups is 1. The third kappa shape index (κ3) is 2.66. The van der Waals surface area contributed by atoms with Gasteiger partial charge in [-0.2, -0.15) is 5.10 Å². The molecular weight excluding hydrogens is 166 g/mol. The molecule has 0 bridgehead atoms. The lowest BCUT2D eigenvalue weighted by Gasteiger charge is -2.27. The fraction of sp³-hybridized carbons (Fsp3) is 0.556. The molecule has 72 valence electrons. The van der Waals surface area contributed by atoms with Gasteiger partial charge in [-0.25, -0.2) is 0 Å². The highest BCUT2D eigenvalue weighted by molar-refractivity contribution is 5.35. The third-order valence-electron chi connectivity index (χ3n) is 2.13. The van der Waals surface area contributed by atoms with Gasteiger partial charge in [-0.3, -0.25) is 0 Å². The minimum absolute atomic E-state index is 0.0834. The first-order valence-electron chi connectivity index (χ1n) is 4.37. The van der Waals surface area contributed by atoms with Gasteiger partial charge in [0, 0.05) is 6.20 Å². The quantitative estimate of drug-likeness (QED) is 0.729. The zero-order valence-corrected chi connectivity index (χ0v) is 7.99. The van der Waals surface area contributed by atoms with Crippen LogP contribution >= 0.6 is 0 Å². The van der Waals surface area contributed by atoms with Crippen molar-refractivity contribution in [3.63, 3.8) is 0 Å². The van der Waals surface area contributed by atoms with Crippen LogP contribution in [0.4, 0.5) is 5.82 Å². The topological polar surface area (TPSA) is 58.0 Å². The van der Waals surface area contributed by atoms with Gasteiger partial charge >= 0.3 is 0 Å². The molecule has 0 aliphatic rings. The molecule has 1 heterocycles. The molecule has 1 aromatic heterocycles. The van der Waals surface area contributed by atoms with E-state index in [0.29, 0.717) is 5.82 Å². The van der Waals surface area contributed by atoms with Crippen molar-refractivity contribution in [2.45, 2.75) is 25.8 Å². The van der Waals surface area contributed by atoms with E-state index in [1.807, 2.05) is 26.0 Å². The molecule has 0 amide bonds. The molecule has 4 nitrogen and oxygen atoms in total. The summed E-state index contributed by atoms with van der Waals surface area (Å²) in [5.41, 5.74) is -0.309. The molecule has 0 saturated carbocycles. The average Bonchev–Trinajstić information content (AvgIpc) is 2.19. The summed E-state index contributed by atoms with van der Waals surface area (Å²) < 4.78 is 0. The van der Waals surface area contributed by atoms with E-state index >= 15 is 0 Å². The summed E-state index contributed by atoms with van der Waals surface area (Å²) in [5, 5.41) is 19.9. The Bertz CT molecular complexity index is 246. The first-order chi connectivity index (χ1) is 6.20. The summed E-state index contributed by atoms with van der Waals surface area (Å²) in [6.45, 7) is 4.04. The molecule has 0 aliphatic carbocycles. The summed E-state index contributed by atoms with van der Waals surface area (Å²) in [6, 6.07) is 3.64. The highest BCUT2D eigenvalue weighted by Gasteiger charge is 2.20. The summed E-state index contributed by atoms with van der Waals surface area (Å²) in [7, 11) is 0. The van der Waals surface area contributed by atoms with Crippen molar-refractivity contribution in [2.75, 3.05) is 11.9 Å². The number of aromatic nitrogens is 2. The van der Waals surface area contributed by atoms with E-state index in [1.165, 1.54) is 0 Å². The van der Waals surface area contributed by atoms with E-state index in [4.69, 9.17) is 5.11 Å². The van der Waals surface area contributed by atoms with Crippen LogP contribution in [-0.4, -0.2) is 27.4 Å².